The minimum atomic E-state index is -4.25. The van der Waals surface area contributed by atoms with Crippen LogP contribution in [0.2, 0.25) is 5.02 Å². The molecule has 2 heterocycles. The second-order valence-electron chi connectivity index (χ2n) is 7.12. The number of rotatable bonds is 8. The molecule has 1 aliphatic rings. The van der Waals surface area contributed by atoms with Gasteiger partial charge in [-0.3, -0.25) is 9.48 Å². The van der Waals surface area contributed by atoms with E-state index in [1.165, 1.54) is 17.0 Å². The predicted molar refractivity (Wildman–Crippen MR) is 113 cm³/mol. The summed E-state index contributed by atoms with van der Waals surface area (Å²) in [6, 6.07) is 3.89. The number of carbonyl (C=O) groups is 1. The number of sulfonamides is 1. The van der Waals surface area contributed by atoms with Gasteiger partial charge in [0.2, 0.25) is 5.91 Å². The van der Waals surface area contributed by atoms with Crippen molar-refractivity contribution in [3.63, 3.8) is 0 Å². The smallest absolute Gasteiger partial charge is 0.285 e. The molecule has 0 saturated carbocycles. The van der Waals surface area contributed by atoms with E-state index in [0.29, 0.717) is 0 Å². The number of benzene rings is 1. The first-order valence-corrected chi connectivity index (χ1v) is 11.3. The Morgan fingerprint density at radius 2 is 2.09 bits per heavy atom. The standard InChI is InChI=1S/C19H19ClF3N5O4S/c20-18-13(2-1-3-15(18)21)14(10-29)19(30)27-6-11(16(24)8-27)4-26-33(31,32)12-5-25-28(7-12)9-17(22)23/h1-5,7,14,17,29H,6,8-10,24H2/b26-4+/t14-/m1/s1. The van der Waals surface area contributed by atoms with Crippen LogP contribution in [0.25, 0.3) is 0 Å². The molecule has 0 saturated heterocycles. The van der Waals surface area contributed by atoms with Crippen LogP contribution in [-0.4, -0.2) is 66.4 Å². The molecule has 0 radical (unpaired) electrons. The molecule has 0 bridgehead atoms. The Bertz CT molecular complexity index is 1220. The topological polar surface area (TPSA) is 131 Å². The number of aromatic nitrogens is 2. The molecule has 33 heavy (non-hydrogen) atoms. The van der Waals surface area contributed by atoms with Crippen molar-refractivity contribution >= 4 is 33.7 Å². The molecule has 0 unspecified atom stereocenters. The van der Waals surface area contributed by atoms with Gasteiger partial charge in [0.25, 0.3) is 16.4 Å². The van der Waals surface area contributed by atoms with Crippen LogP contribution in [0.5, 0.6) is 0 Å². The summed E-state index contributed by atoms with van der Waals surface area (Å²) in [5.74, 6) is -2.48. The molecule has 14 heteroatoms. The zero-order chi connectivity index (χ0) is 24.3. The number of aliphatic hydroxyl groups excluding tert-OH is 1. The quantitative estimate of drug-likeness (QED) is 0.523. The van der Waals surface area contributed by atoms with Crippen molar-refractivity contribution in [3.05, 3.63) is 58.3 Å². The third kappa shape index (κ3) is 5.54. The maximum atomic E-state index is 13.8. The molecule has 2 aromatic rings. The molecular formula is C19H19ClF3N5O4S. The van der Waals surface area contributed by atoms with Crippen LogP contribution in [-0.2, 0) is 21.4 Å². The average Bonchev–Trinajstić information content (AvgIpc) is 3.36. The SMILES string of the molecule is NC1=C(/C=N/S(=O)(=O)c2cnn(CC(F)F)c2)CN(C(=O)[C@H](CO)c2cccc(F)c2Cl)C1. The molecule has 1 atom stereocenters. The van der Waals surface area contributed by atoms with E-state index >= 15 is 0 Å². The number of nitrogens with two attached hydrogens (primary N) is 1. The van der Waals surface area contributed by atoms with Crippen molar-refractivity contribution in [2.24, 2.45) is 10.1 Å². The monoisotopic (exact) mass is 505 g/mol. The number of hydrogen-bond acceptors (Lipinski definition) is 6. The van der Waals surface area contributed by atoms with Gasteiger partial charge in [-0.1, -0.05) is 23.7 Å². The average molecular weight is 506 g/mol. The maximum Gasteiger partial charge on any atom is 0.285 e. The van der Waals surface area contributed by atoms with Gasteiger partial charge >= 0.3 is 0 Å². The number of hydrogen-bond donors (Lipinski definition) is 2. The Balaban J connectivity index is 1.73. The molecule has 9 nitrogen and oxygen atoms in total. The molecule has 1 aromatic carbocycles. The fraction of sp³-hybridized carbons (Fsp3) is 0.316. The highest BCUT2D eigenvalue weighted by Gasteiger charge is 2.32. The van der Waals surface area contributed by atoms with Crippen LogP contribution in [0.3, 0.4) is 0 Å². The minimum Gasteiger partial charge on any atom is -0.400 e. The second-order valence-corrected chi connectivity index (χ2v) is 9.13. The number of aliphatic hydroxyl groups is 1. The summed E-state index contributed by atoms with van der Waals surface area (Å²) >= 11 is 5.93. The maximum absolute atomic E-state index is 13.8. The van der Waals surface area contributed by atoms with Crippen LogP contribution in [0.15, 0.2) is 51.2 Å². The zero-order valence-electron chi connectivity index (χ0n) is 16.9. The van der Waals surface area contributed by atoms with Gasteiger partial charge in [-0.2, -0.15) is 17.9 Å². The van der Waals surface area contributed by atoms with Gasteiger partial charge in [0, 0.05) is 30.2 Å². The van der Waals surface area contributed by atoms with Crippen molar-refractivity contribution in [2.45, 2.75) is 23.8 Å². The Hall–Kier alpha value is -2.90. The lowest BCUT2D eigenvalue weighted by atomic mass is 9.98. The van der Waals surface area contributed by atoms with Crippen molar-refractivity contribution < 1.29 is 31.5 Å². The van der Waals surface area contributed by atoms with Crippen LogP contribution >= 0.6 is 11.6 Å². The number of amides is 1. The normalized spacial score (nSPS) is 15.8. The molecular weight excluding hydrogens is 487 g/mol. The number of halogens is 4. The summed E-state index contributed by atoms with van der Waals surface area (Å²) in [4.78, 5) is 13.8. The van der Waals surface area contributed by atoms with Crippen molar-refractivity contribution in [3.8, 4) is 0 Å². The lowest BCUT2D eigenvalue weighted by Crippen LogP contribution is -2.36. The van der Waals surface area contributed by atoms with Crippen LogP contribution in [0, 0.1) is 5.82 Å². The summed E-state index contributed by atoms with van der Waals surface area (Å²) in [6.07, 6.45) is 0.0772. The van der Waals surface area contributed by atoms with Gasteiger partial charge in [-0.25, -0.2) is 13.2 Å². The lowest BCUT2D eigenvalue weighted by molar-refractivity contribution is -0.132. The Morgan fingerprint density at radius 3 is 2.76 bits per heavy atom. The zero-order valence-corrected chi connectivity index (χ0v) is 18.5. The first-order chi connectivity index (χ1) is 15.5. The molecule has 178 valence electrons. The van der Waals surface area contributed by atoms with E-state index in [1.54, 1.807) is 0 Å². The summed E-state index contributed by atoms with van der Waals surface area (Å²) in [5.41, 5.74) is 6.42. The third-order valence-corrected chi connectivity index (χ3v) is 6.45. The summed E-state index contributed by atoms with van der Waals surface area (Å²) in [6.45, 7) is -1.59. The molecule has 0 spiro atoms. The summed E-state index contributed by atoms with van der Waals surface area (Å²) in [7, 11) is -4.25. The highest BCUT2D eigenvalue weighted by atomic mass is 35.5. The van der Waals surface area contributed by atoms with Crippen LogP contribution in [0.4, 0.5) is 13.2 Å². The minimum absolute atomic E-state index is 0.0734. The van der Waals surface area contributed by atoms with Crippen molar-refractivity contribution in [1.29, 1.82) is 0 Å². The summed E-state index contributed by atoms with van der Waals surface area (Å²) < 4.78 is 67.6. The van der Waals surface area contributed by atoms with Crippen LogP contribution in [0.1, 0.15) is 11.5 Å². The van der Waals surface area contributed by atoms with Gasteiger partial charge in [0.05, 0.1) is 30.3 Å². The highest BCUT2D eigenvalue weighted by molar-refractivity contribution is 7.90. The van der Waals surface area contributed by atoms with E-state index in [-0.39, 0.29) is 39.8 Å². The third-order valence-electron chi connectivity index (χ3n) is 4.86. The van der Waals surface area contributed by atoms with E-state index < -0.39 is 47.2 Å². The van der Waals surface area contributed by atoms with E-state index in [2.05, 4.69) is 9.50 Å². The van der Waals surface area contributed by atoms with Gasteiger partial charge < -0.3 is 15.7 Å². The van der Waals surface area contributed by atoms with Gasteiger partial charge in [-0.15, -0.1) is 0 Å². The predicted octanol–water partition coefficient (Wildman–Crippen LogP) is 1.53. The number of nitrogens with zero attached hydrogens (tertiary/aromatic N) is 4. The molecule has 1 aliphatic heterocycles. The fourth-order valence-electron chi connectivity index (χ4n) is 3.18. The highest BCUT2D eigenvalue weighted by Crippen LogP contribution is 2.29. The second kappa shape index (κ2) is 9.93. The Morgan fingerprint density at radius 1 is 1.36 bits per heavy atom. The lowest BCUT2D eigenvalue weighted by Gasteiger charge is -2.23. The van der Waals surface area contributed by atoms with E-state index in [0.717, 1.165) is 29.4 Å². The Labute approximate surface area is 192 Å². The molecule has 0 aliphatic carbocycles. The van der Waals surface area contributed by atoms with Gasteiger partial charge in [0.15, 0.2) is 0 Å². The molecule has 1 aromatic heterocycles. The van der Waals surface area contributed by atoms with Crippen LogP contribution < -0.4 is 5.73 Å². The van der Waals surface area contributed by atoms with Gasteiger partial charge in [0.1, 0.15) is 17.3 Å². The van der Waals surface area contributed by atoms with Crippen molar-refractivity contribution in [2.75, 3.05) is 19.7 Å². The number of carbonyl (C=O) groups excluding carboxylic acids is 1. The summed E-state index contributed by atoms with van der Waals surface area (Å²) in [5, 5.41) is 13.0. The Kier molecular flexibility index (Phi) is 7.44. The van der Waals surface area contributed by atoms with E-state index in [4.69, 9.17) is 17.3 Å². The van der Waals surface area contributed by atoms with E-state index in [9.17, 15) is 31.5 Å². The molecule has 3 N–H and O–H groups in total. The molecule has 0 fully saturated rings. The molecule has 1 amide bonds. The van der Waals surface area contributed by atoms with Gasteiger partial charge in [-0.05, 0) is 11.6 Å². The fourth-order valence-corrected chi connectivity index (χ4v) is 4.26. The first kappa shape index (κ1) is 24.7. The molecule has 3 rings (SSSR count). The van der Waals surface area contributed by atoms with E-state index in [1.807, 2.05) is 0 Å². The largest absolute Gasteiger partial charge is 0.400 e. The number of alkyl halides is 2. The first-order valence-electron chi connectivity index (χ1n) is 9.45. The van der Waals surface area contributed by atoms with Crippen molar-refractivity contribution in [1.82, 2.24) is 14.7 Å².